The second-order valence-electron chi connectivity index (χ2n) is 5.33. The molecular formula is C15H23NO2. The number of hydrogen-bond donors (Lipinski definition) is 1. The Hall–Kier alpha value is -1.06. The summed E-state index contributed by atoms with van der Waals surface area (Å²) in [5.74, 6) is 1.47. The normalized spacial score (nSPS) is 19.1. The van der Waals surface area contributed by atoms with E-state index in [0.29, 0.717) is 5.92 Å². The molecule has 1 unspecified atom stereocenters. The molecule has 1 aliphatic rings. The highest BCUT2D eigenvalue weighted by atomic mass is 16.5. The maximum absolute atomic E-state index is 5.71. The lowest BCUT2D eigenvalue weighted by Crippen LogP contribution is -2.52. The number of ether oxygens (including phenoxy) is 2. The summed E-state index contributed by atoms with van der Waals surface area (Å²) < 4.78 is 11.0. The Morgan fingerprint density at radius 2 is 2.17 bits per heavy atom. The largest absolute Gasteiger partial charge is 0.496 e. The fourth-order valence-corrected chi connectivity index (χ4v) is 2.76. The third-order valence-corrected chi connectivity index (χ3v) is 4.15. The lowest BCUT2D eigenvalue weighted by molar-refractivity contribution is -0.0891. The summed E-state index contributed by atoms with van der Waals surface area (Å²) in [5, 5.41) is 0. The van der Waals surface area contributed by atoms with Crippen LogP contribution in [0.1, 0.15) is 24.5 Å². The molecular weight excluding hydrogens is 226 g/mol. The predicted molar refractivity (Wildman–Crippen MR) is 73.1 cm³/mol. The number of methoxy groups -OCH3 is 1. The van der Waals surface area contributed by atoms with Crippen LogP contribution in [-0.2, 0) is 10.2 Å². The Bertz CT molecular complexity index is 413. The molecule has 0 amide bonds. The van der Waals surface area contributed by atoms with Crippen LogP contribution < -0.4 is 10.5 Å². The maximum atomic E-state index is 5.71. The lowest BCUT2D eigenvalue weighted by atomic mass is 9.67. The zero-order valence-corrected chi connectivity index (χ0v) is 11.5. The summed E-state index contributed by atoms with van der Waals surface area (Å²) in [4.78, 5) is 0. The van der Waals surface area contributed by atoms with Gasteiger partial charge in [-0.2, -0.15) is 0 Å². The van der Waals surface area contributed by atoms with Gasteiger partial charge in [-0.05, 0) is 31.9 Å². The fourth-order valence-electron chi connectivity index (χ4n) is 2.76. The van der Waals surface area contributed by atoms with Gasteiger partial charge in [0.15, 0.2) is 0 Å². The first-order chi connectivity index (χ1) is 8.64. The Kier molecular flexibility index (Phi) is 3.93. The minimum absolute atomic E-state index is 0.0801. The second kappa shape index (κ2) is 5.29. The molecule has 1 heterocycles. The van der Waals surface area contributed by atoms with Gasteiger partial charge in [0.25, 0.3) is 0 Å². The molecule has 1 saturated heterocycles. The Morgan fingerprint density at radius 1 is 1.44 bits per heavy atom. The van der Waals surface area contributed by atoms with E-state index in [0.717, 1.165) is 31.9 Å². The van der Waals surface area contributed by atoms with Gasteiger partial charge in [-0.3, -0.25) is 0 Å². The van der Waals surface area contributed by atoms with Crippen LogP contribution in [0.5, 0.6) is 5.75 Å². The van der Waals surface area contributed by atoms with Gasteiger partial charge >= 0.3 is 0 Å². The predicted octanol–water partition coefficient (Wildman–Crippen LogP) is 2.26. The van der Waals surface area contributed by atoms with Gasteiger partial charge in [-0.25, -0.2) is 0 Å². The highest BCUT2D eigenvalue weighted by molar-refractivity contribution is 5.44. The molecule has 0 aliphatic carbocycles. The third-order valence-electron chi connectivity index (χ3n) is 4.15. The molecule has 3 heteroatoms. The summed E-state index contributed by atoms with van der Waals surface area (Å²) in [5.41, 5.74) is 8.33. The molecule has 1 aromatic carbocycles. The van der Waals surface area contributed by atoms with Crippen molar-refractivity contribution in [1.29, 1.82) is 0 Å². The number of nitrogens with two attached hydrogens (primary N) is 1. The second-order valence-corrected chi connectivity index (χ2v) is 5.33. The van der Waals surface area contributed by atoms with Crippen molar-refractivity contribution in [3.8, 4) is 5.75 Å². The zero-order valence-electron chi connectivity index (χ0n) is 11.5. The molecule has 0 spiro atoms. The smallest absolute Gasteiger partial charge is 0.122 e. The zero-order chi connectivity index (χ0) is 13.2. The molecule has 2 N–H and O–H groups in total. The molecule has 0 saturated carbocycles. The van der Waals surface area contributed by atoms with Crippen molar-refractivity contribution in [2.24, 2.45) is 11.7 Å². The first-order valence-corrected chi connectivity index (χ1v) is 6.57. The van der Waals surface area contributed by atoms with E-state index in [-0.39, 0.29) is 5.41 Å². The summed E-state index contributed by atoms with van der Waals surface area (Å²) in [7, 11) is 1.73. The molecule has 1 atom stereocenters. The quantitative estimate of drug-likeness (QED) is 0.870. The summed E-state index contributed by atoms with van der Waals surface area (Å²) in [6.07, 6.45) is 1.01. The van der Waals surface area contributed by atoms with Gasteiger partial charge in [-0.15, -0.1) is 0 Å². The number of aryl methyl sites for hydroxylation is 1. The molecule has 0 radical (unpaired) electrons. The maximum Gasteiger partial charge on any atom is 0.122 e. The molecule has 1 aliphatic heterocycles. The van der Waals surface area contributed by atoms with E-state index in [1.807, 2.05) is 0 Å². The van der Waals surface area contributed by atoms with Crippen molar-refractivity contribution >= 4 is 0 Å². The first-order valence-electron chi connectivity index (χ1n) is 6.57. The van der Waals surface area contributed by atoms with Crippen molar-refractivity contribution < 1.29 is 9.47 Å². The van der Waals surface area contributed by atoms with Crippen LogP contribution in [0.4, 0.5) is 0 Å². The van der Waals surface area contributed by atoms with Gasteiger partial charge < -0.3 is 15.2 Å². The molecule has 0 aromatic heterocycles. The van der Waals surface area contributed by atoms with Crippen LogP contribution in [0.3, 0.4) is 0 Å². The van der Waals surface area contributed by atoms with Crippen molar-refractivity contribution in [1.82, 2.24) is 0 Å². The van der Waals surface area contributed by atoms with Crippen LogP contribution >= 0.6 is 0 Å². The summed E-state index contributed by atoms with van der Waals surface area (Å²) >= 11 is 0. The van der Waals surface area contributed by atoms with E-state index in [9.17, 15) is 0 Å². The van der Waals surface area contributed by atoms with Crippen LogP contribution in [0.15, 0.2) is 18.2 Å². The van der Waals surface area contributed by atoms with E-state index in [2.05, 4.69) is 32.0 Å². The van der Waals surface area contributed by atoms with Gasteiger partial charge in [0.1, 0.15) is 5.75 Å². The highest BCUT2D eigenvalue weighted by Crippen LogP contribution is 2.44. The number of rotatable bonds is 5. The Morgan fingerprint density at radius 3 is 2.67 bits per heavy atom. The van der Waals surface area contributed by atoms with Gasteiger partial charge in [0.2, 0.25) is 0 Å². The minimum Gasteiger partial charge on any atom is -0.496 e. The van der Waals surface area contributed by atoms with Crippen molar-refractivity contribution in [2.45, 2.75) is 25.7 Å². The van der Waals surface area contributed by atoms with Crippen molar-refractivity contribution in [3.63, 3.8) is 0 Å². The number of hydrogen-bond acceptors (Lipinski definition) is 3. The van der Waals surface area contributed by atoms with Gasteiger partial charge in [-0.1, -0.05) is 24.6 Å². The molecule has 18 heavy (non-hydrogen) atoms. The average Bonchev–Trinajstić information content (AvgIpc) is 2.28. The third kappa shape index (κ3) is 2.13. The van der Waals surface area contributed by atoms with E-state index >= 15 is 0 Å². The molecule has 2 rings (SSSR count). The summed E-state index contributed by atoms with van der Waals surface area (Å²) in [6, 6.07) is 6.37. The molecule has 100 valence electrons. The van der Waals surface area contributed by atoms with Gasteiger partial charge in [0.05, 0.1) is 20.3 Å². The summed E-state index contributed by atoms with van der Waals surface area (Å²) in [6.45, 7) is 6.64. The highest BCUT2D eigenvalue weighted by Gasteiger charge is 2.46. The molecule has 3 nitrogen and oxygen atoms in total. The SMILES string of the molecule is COc1ccc(C)cc1C1(C(C)CCN)COC1. The van der Waals surface area contributed by atoms with E-state index in [1.54, 1.807) is 7.11 Å². The van der Waals surface area contributed by atoms with E-state index in [1.165, 1.54) is 11.1 Å². The van der Waals surface area contributed by atoms with E-state index in [4.69, 9.17) is 15.2 Å². The average molecular weight is 249 g/mol. The molecule has 0 bridgehead atoms. The topological polar surface area (TPSA) is 44.5 Å². The van der Waals surface area contributed by atoms with Gasteiger partial charge in [0, 0.05) is 11.0 Å². The van der Waals surface area contributed by atoms with Crippen LogP contribution in [0.25, 0.3) is 0 Å². The minimum atomic E-state index is 0.0801. The van der Waals surface area contributed by atoms with Crippen LogP contribution in [-0.4, -0.2) is 26.9 Å². The molecule has 1 fully saturated rings. The van der Waals surface area contributed by atoms with Crippen molar-refractivity contribution in [3.05, 3.63) is 29.3 Å². The van der Waals surface area contributed by atoms with Crippen molar-refractivity contribution in [2.75, 3.05) is 26.9 Å². The fraction of sp³-hybridized carbons (Fsp3) is 0.600. The van der Waals surface area contributed by atoms with Crippen LogP contribution in [0.2, 0.25) is 0 Å². The molecule has 1 aromatic rings. The Labute approximate surface area is 109 Å². The standard InChI is InChI=1S/C15H23NO2/c1-11-4-5-14(17-3)13(8-11)15(9-18-10-15)12(2)6-7-16/h4-5,8,12H,6-7,9-10,16H2,1-3H3. The Balaban J connectivity index is 2.40. The first kappa shape index (κ1) is 13.4. The van der Waals surface area contributed by atoms with Crippen LogP contribution in [0, 0.1) is 12.8 Å². The number of benzene rings is 1. The lowest BCUT2D eigenvalue weighted by Gasteiger charge is -2.47. The monoisotopic (exact) mass is 249 g/mol. The van der Waals surface area contributed by atoms with E-state index < -0.39 is 0 Å².